The van der Waals surface area contributed by atoms with Crippen LogP contribution < -0.4 is 27.4 Å². The van der Waals surface area contributed by atoms with Crippen molar-refractivity contribution in [1.82, 2.24) is 10.6 Å². The number of carboxylic acids is 2. The number of amides is 2. The highest BCUT2D eigenvalue weighted by Crippen LogP contribution is 2.48. The molecule has 0 heterocycles. The molecule has 0 spiro atoms. The highest BCUT2D eigenvalue weighted by atomic mass is 35.5. The molecule has 0 radical (unpaired) electrons. The standard InChI is InChI=1S/C25H30ClFN6O2.2C2HF3O2/c1-3-4-5-16-17-8-6-14(12-30-2)10-18(17)22(19(16)13-31-25(28)29)33-24(35)23(34)32-15-7-9-20(26)21(27)11-15;2*3-2(4,5)1(6)7/h3,6-11,16,19,22,30H,1,4-5,12-13H2,2H3,(H,32,34)(H,33,35)(H4,28,29,31);2*(H,6,7)/t16-,19+,22+;;/m1../s1. The van der Waals surface area contributed by atoms with Crippen LogP contribution in [0.4, 0.5) is 36.4 Å². The minimum absolute atomic E-state index is 0.0492. The van der Waals surface area contributed by atoms with Gasteiger partial charge in [-0.15, -0.1) is 6.58 Å². The van der Waals surface area contributed by atoms with Gasteiger partial charge in [0.05, 0.1) is 11.1 Å². The van der Waals surface area contributed by atoms with Gasteiger partial charge >= 0.3 is 36.1 Å². The van der Waals surface area contributed by atoms with Crippen molar-refractivity contribution in [2.45, 2.75) is 43.7 Å². The number of hydrogen-bond acceptors (Lipinski definition) is 6. The van der Waals surface area contributed by atoms with Gasteiger partial charge < -0.3 is 37.6 Å². The first kappa shape index (κ1) is 42.1. The fourth-order valence-corrected chi connectivity index (χ4v) is 4.62. The van der Waals surface area contributed by atoms with Gasteiger partial charge in [0.2, 0.25) is 0 Å². The zero-order valence-corrected chi connectivity index (χ0v) is 26.2. The van der Waals surface area contributed by atoms with E-state index < -0.39 is 48.0 Å². The number of allylic oxidation sites excluding steroid dienone is 1. The lowest BCUT2D eigenvalue weighted by Crippen LogP contribution is -2.40. The molecule has 0 saturated carbocycles. The van der Waals surface area contributed by atoms with Crippen LogP contribution in [0.3, 0.4) is 0 Å². The Labute approximate surface area is 279 Å². The van der Waals surface area contributed by atoms with Crippen LogP contribution >= 0.6 is 11.6 Å². The van der Waals surface area contributed by atoms with E-state index >= 15 is 0 Å². The Morgan fingerprint density at radius 3 is 2.00 bits per heavy atom. The molecule has 3 rings (SSSR count). The van der Waals surface area contributed by atoms with Gasteiger partial charge in [-0.1, -0.05) is 35.9 Å². The van der Waals surface area contributed by atoms with Crippen molar-refractivity contribution < 1.29 is 60.1 Å². The minimum Gasteiger partial charge on any atom is -0.475 e. The number of alkyl halides is 6. The summed E-state index contributed by atoms with van der Waals surface area (Å²) in [5.41, 5.74) is 14.4. The maximum absolute atomic E-state index is 13.7. The highest BCUT2D eigenvalue weighted by Gasteiger charge is 2.42. The Bertz CT molecular complexity index is 1510. The monoisotopic (exact) mass is 728 g/mol. The summed E-state index contributed by atoms with van der Waals surface area (Å²) in [5.74, 6) is -8.17. The topological polar surface area (TPSA) is 209 Å². The summed E-state index contributed by atoms with van der Waals surface area (Å²) in [4.78, 5) is 47.6. The molecule has 2 amide bonds. The van der Waals surface area contributed by atoms with Crippen LogP contribution in [0.25, 0.3) is 0 Å². The lowest BCUT2D eigenvalue weighted by Gasteiger charge is -2.25. The van der Waals surface area contributed by atoms with Crippen LogP contribution in [-0.4, -0.2) is 65.9 Å². The summed E-state index contributed by atoms with van der Waals surface area (Å²) in [5, 5.41) is 22.6. The maximum Gasteiger partial charge on any atom is 0.490 e. The van der Waals surface area contributed by atoms with Crippen molar-refractivity contribution in [3.63, 3.8) is 0 Å². The molecule has 0 aromatic heterocycles. The van der Waals surface area contributed by atoms with Crippen LogP contribution in [0.2, 0.25) is 5.02 Å². The van der Waals surface area contributed by atoms with Gasteiger partial charge in [-0.3, -0.25) is 14.6 Å². The van der Waals surface area contributed by atoms with Crippen LogP contribution in [0.1, 0.15) is 41.5 Å². The van der Waals surface area contributed by atoms with Gasteiger partial charge in [-0.05, 0) is 60.7 Å². The first-order chi connectivity index (χ1) is 22.6. The summed E-state index contributed by atoms with van der Waals surface area (Å²) < 4.78 is 77.2. The number of halogens is 8. The highest BCUT2D eigenvalue weighted by molar-refractivity contribution is 6.39. The molecule has 0 unspecified atom stereocenters. The zero-order chi connectivity index (χ0) is 37.7. The van der Waals surface area contributed by atoms with E-state index in [1.165, 1.54) is 12.1 Å². The van der Waals surface area contributed by atoms with E-state index in [-0.39, 0.29) is 35.1 Å². The molecule has 0 bridgehead atoms. The van der Waals surface area contributed by atoms with E-state index in [1.807, 2.05) is 25.3 Å². The van der Waals surface area contributed by atoms with Gasteiger partial charge in [-0.2, -0.15) is 26.3 Å². The van der Waals surface area contributed by atoms with Crippen molar-refractivity contribution in [3.05, 3.63) is 76.6 Å². The van der Waals surface area contributed by atoms with E-state index in [0.717, 1.165) is 35.6 Å². The number of carbonyl (C=O) groups excluding carboxylic acids is 2. The van der Waals surface area contributed by atoms with E-state index in [0.29, 0.717) is 6.54 Å². The summed E-state index contributed by atoms with van der Waals surface area (Å²) in [6.07, 6.45) is -6.77. The molecule has 2 aromatic carbocycles. The number of carbonyl (C=O) groups is 4. The van der Waals surface area contributed by atoms with Crippen LogP contribution in [0.15, 0.2) is 54.0 Å². The lowest BCUT2D eigenvalue weighted by atomic mass is 9.87. The normalized spacial score (nSPS) is 16.4. The molecule has 1 aliphatic rings. The second kappa shape index (κ2) is 18.6. The van der Waals surface area contributed by atoms with Gasteiger partial charge in [0.1, 0.15) is 5.82 Å². The molecule has 9 N–H and O–H groups in total. The number of nitrogens with one attached hydrogen (secondary N) is 3. The molecule has 12 nitrogen and oxygen atoms in total. The minimum atomic E-state index is -5.08. The number of carboxylic acid groups (broad SMARTS) is 2. The van der Waals surface area contributed by atoms with E-state index in [1.54, 1.807) is 0 Å². The van der Waals surface area contributed by atoms with Gasteiger partial charge in [0.25, 0.3) is 0 Å². The lowest BCUT2D eigenvalue weighted by molar-refractivity contribution is -0.193. The maximum atomic E-state index is 13.7. The molecule has 1 aliphatic carbocycles. The van der Waals surface area contributed by atoms with Gasteiger partial charge in [0, 0.05) is 24.7 Å². The van der Waals surface area contributed by atoms with Gasteiger partial charge in [-0.25, -0.2) is 14.0 Å². The fourth-order valence-electron chi connectivity index (χ4n) is 4.50. The number of benzene rings is 2. The molecule has 3 atom stereocenters. The Morgan fingerprint density at radius 1 is 0.959 bits per heavy atom. The summed E-state index contributed by atoms with van der Waals surface area (Å²) in [7, 11) is 1.85. The first-order valence-electron chi connectivity index (χ1n) is 13.7. The van der Waals surface area contributed by atoms with Crippen molar-refractivity contribution in [3.8, 4) is 0 Å². The Hall–Kier alpha value is -4.91. The predicted molar refractivity (Wildman–Crippen MR) is 164 cm³/mol. The Morgan fingerprint density at radius 2 is 1.53 bits per heavy atom. The SMILES string of the molecule is C=CCC[C@@H]1c2ccc(CNC)cc2[C@H](NC(=O)C(=O)Nc2ccc(Cl)c(F)c2)[C@H]1CN=C(N)N.O=C(O)C(F)(F)F.O=C(O)C(F)(F)F. The summed E-state index contributed by atoms with van der Waals surface area (Å²) in [6, 6.07) is 9.39. The number of anilines is 1. The van der Waals surface area contributed by atoms with Gasteiger partial charge in [0.15, 0.2) is 5.96 Å². The third-order valence-corrected chi connectivity index (χ3v) is 6.84. The van der Waals surface area contributed by atoms with Crippen LogP contribution in [0.5, 0.6) is 0 Å². The first-order valence-corrected chi connectivity index (χ1v) is 14.1. The molecule has 0 saturated heterocycles. The van der Waals surface area contributed by atoms with Crippen molar-refractivity contribution in [1.29, 1.82) is 0 Å². The number of rotatable bonds is 9. The Balaban J connectivity index is 0.000000717. The fraction of sp³-hybridized carbons (Fsp3) is 0.345. The number of nitrogens with two attached hydrogens (primary N) is 2. The van der Waals surface area contributed by atoms with Crippen LogP contribution in [0, 0.1) is 11.7 Å². The molecular weight excluding hydrogens is 697 g/mol. The smallest absolute Gasteiger partial charge is 0.475 e. The van der Waals surface area contributed by atoms with E-state index in [4.69, 9.17) is 42.9 Å². The van der Waals surface area contributed by atoms with Crippen molar-refractivity contribution in [2.75, 3.05) is 18.9 Å². The van der Waals surface area contributed by atoms with E-state index in [9.17, 15) is 40.3 Å². The second-order valence-corrected chi connectivity index (χ2v) is 10.4. The predicted octanol–water partition coefficient (Wildman–Crippen LogP) is 4.21. The quantitative estimate of drug-likeness (QED) is 0.0648. The largest absolute Gasteiger partial charge is 0.490 e. The number of aliphatic imine (C=N–C) groups is 1. The third-order valence-electron chi connectivity index (χ3n) is 6.53. The second-order valence-electron chi connectivity index (χ2n) is 10.0. The summed E-state index contributed by atoms with van der Waals surface area (Å²) >= 11 is 5.69. The number of guanidine groups is 1. The average Bonchev–Trinajstić information content (AvgIpc) is 3.27. The molecule has 20 heteroatoms. The molecule has 270 valence electrons. The number of hydrogen-bond donors (Lipinski definition) is 7. The molecule has 0 fully saturated rings. The Kier molecular flexibility index (Phi) is 16.0. The molecule has 0 aliphatic heterocycles. The third kappa shape index (κ3) is 13.6. The number of aliphatic carboxylic acids is 2. The number of fused-ring (bicyclic) bond motifs is 1. The zero-order valence-electron chi connectivity index (χ0n) is 25.5. The molecule has 49 heavy (non-hydrogen) atoms. The van der Waals surface area contributed by atoms with Crippen molar-refractivity contribution in [2.24, 2.45) is 22.4 Å². The summed E-state index contributed by atoms with van der Waals surface area (Å²) in [6.45, 7) is 4.74. The van der Waals surface area contributed by atoms with Crippen molar-refractivity contribution >= 4 is 47.0 Å². The number of nitrogens with zero attached hydrogens (tertiary/aromatic N) is 1. The van der Waals surface area contributed by atoms with Crippen LogP contribution in [-0.2, 0) is 25.7 Å². The molecular formula is C29H32ClF7N6O6. The van der Waals surface area contributed by atoms with E-state index in [2.05, 4.69) is 33.6 Å². The molecule has 2 aromatic rings. The average molecular weight is 729 g/mol.